The molecule has 0 saturated carbocycles. The molecule has 0 heterocycles. The molecule has 0 unspecified atom stereocenters. The molecule has 0 fully saturated rings. The van der Waals surface area contributed by atoms with Gasteiger partial charge in [0.2, 0.25) is 0 Å². The molecule has 6 heteroatoms. The first kappa shape index (κ1) is 20.8. The highest BCUT2D eigenvalue weighted by Crippen LogP contribution is 2.31. The van der Waals surface area contributed by atoms with Crippen LogP contribution >= 0.6 is 0 Å². The third kappa shape index (κ3) is 4.64. The van der Waals surface area contributed by atoms with Gasteiger partial charge in [-0.2, -0.15) is 0 Å². The van der Waals surface area contributed by atoms with Crippen molar-refractivity contribution in [3.05, 3.63) is 120 Å². The quantitative estimate of drug-likeness (QED) is 0.156. The molecule has 0 radical (unpaired) electrons. The molecule has 0 aromatic heterocycles. The molecule has 4 aromatic carbocycles. The summed E-state index contributed by atoms with van der Waals surface area (Å²) in [4.78, 5) is 15.6. The molecule has 0 saturated heterocycles. The standard InChI is InChI=1S/C25H16F3O2S/c26-22-15-18(16-23(27)24(22)28)30-25(29)17-11-13-21(14-12-17)31(19-7-3-1-4-8-19)20-9-5-2-6-10-20/h1-16H/q+1. The first-order chi connectivity index (χ1) is 15.0. The van der Waals surface area contributed by atoms with Crippen LogP contribution in [0, 0.1) is 17.5 Å². The van der Waals surface area contributed by atoms with Crippen molar-refractivity contribution in [2.24, 2.45) is 0 Å². The molecule has 31 heavy (non-hydrogen) atoms. The Balaban J connectivity index is 1.61. The van der Waals surface area contributed by atoms with E-state index in [2.05, 4.69) is 24.3 Å². The summed E-state index contributed by atoms with van der Waals surface area (Å²) in [6.07, 6.45) is 0. The second-order valence-corrected chi connectivity index (χ2v) is 8.57. The molecule has 0 amide bonds. The monoisotopic (exact) mass is 437 g/mol. The van der Waals surface area contributed by atoms with Gasteiger partial charge in [0.05, 0.1) is 16.5 Å². The van der Waals surface area contributed by atoms with Crippen molar-refractivity contribution < 1.29 is 22.7 Å². The zero-order valence-electron chi connectivity index (χ0n) is 16.1. The largest absolute Gasteiger partial charge is 0.423 e. The zero-order valence-corrected chi connectivity index (χ0v) is 16.9. The topological polar surface area (TPSA) is 26.3 Å². The van der Waals surface area contributed by atoms with E-state index in [1.165, 1.54) is 0 Å². The highest BCUT2D eigenvalue weighted by Gasteiger charge is 2.28. The maximum Gasteiger partial charge on any atom is 0.343 e. The van der Waals surface area contributed by atoms with E-state index >= 15 is 0 Å². The fourth-order valence-corrected chi connectivity index (χ4v) is 5.09. The van der Waals surface area contributed by atoms with Gasteiger partial charge in [-0.05, 0) is 48.5 Å². The molecule has 0 aliphatic carbocycles. The second-order valence-electron chi connectivity index (χ2n) is 6.55. The maximum absolute atomic E-state index is 13.4. The van der Waals surface area contributed by atoms with Crippen molar-refractivity contribution in [2.75, 3.05) is 0 Å². The van der Waals surface area contributed by atoms with E-state index < -0.39 is 29.2 Å². The van der Waals surface area contributed by atoms with Crippen LogP contribution in [-0.4, -0.2) is 5.97 Å². The van der Waals surface area contributed by atoms with Gasteiger partial charge in [-0.1, -0.05) is 36.4 Å². The predicted octanol–water partition coefficient (Wildman–Crippen LogP) is 6.42. The highest BCUT2D eigenvalue weighted by molar-refractivity contribution is 7.97. The second kappa shape index (κ2) is 9.10. The average Bonchev–Trinajstić information content (AvgIpc) is 2.79. The number of esters is 1. The molecular formula is C25H16F3O2S+. The van der Waals surface area contributed by atoms with E-state index in [1.807, 2.05) is 48.5 Å². The molecule has 0 atom stereocenters. The van der Waals surface area contributed by atoms with Gasteiger partial charge in [-0.15, -0.1) is 0 Å². The van der Waals surface area contributed by atoms with E-state index in [9.17, 15) is 18.0 Å². The summed E-state index contributed by atoms with van der Waals surface area (Å²) in [7, 11) is -0.376. The molecule has 4 aromatic rings. The van der Waals surface area contributed by atoms with Crippen LogP contribution in [0.15, 0.2) is 112 Å². The fraction of sp³-hybridized carbons (Fsp3) is 0. The Morgan fingerprint density at radius 1 is 0.645 bits per heavy atom. The summed E-state index contributed by atoms with van der Waals surface area (Å²) in [5, 5.41) is 0. The van der Waals surface area contributed by atoms with Gasteiger partial charge in [-0.3, -0.25) is 0 Å². The third-order valence-electron chi connectivity index (χ3n) is 4.45. The summed E-state index contributed by atoms with van der Waals surface area (Å²) < 4.78 is 44.8. The molecule has 2 nitrogen and oxygen atoms in total. The molecule has 154 valence electrons. The number of halogens is 3. The molecule has 0 bridgehead atoms. The molecule has 0 spiro atoms. The summed E-state index contributed by atoms with van der Waals surface area (Å²) in [6, 6.07) is 28.1. The van der Waals surface area contributed by atoms with Crippen molar-refractivity contribution in [3.8, 4) is 5.75 Å². The van der Waals surface area contributed by atoms with Crippen LogP contribution in [0.25, 0.3) is 0 Å². The predicted molar refractivity (Wildman–Crippen MR) is 113 cm³/mol. The van der Waals surface area contributed by atoms with Gasteiger partial charge < -0.3 is 4.74 Å². The Morgan fingerprint density at radius 2 is 1.10 bits per heavy atom. The zero-order chi connectivity index (χ0) is 21.8. The molecule has 0 N–H and O–H groups in total. The van der Waals surface area contributed by atoms with Gasteiger partial charge in [0.25, 0.3) is 0 Å². The first-order valence-corrected chi connectivity index (χ1v) is 10.6. The lowest BCUT2D eigenvalue weighted by atomic mass is 10.2. The van der Waals surface area contributed by atoms with E-state index in [0.717, 1.165) is 14.7 Å². The molecular weight excluding hydrogens is 421 g/mol. The van der Waals surface area contributed by atoms with Crippen molar-refractivity contribution in [1.29, 1.82) is 0 Å². The Bertz CT molecular complexity index is 1130. The van der Waals surface area contributed by atoms with E-state index in [4.69, 9.17) is 4.74 Å². The minimum atomic E-state index is -1.61. The van der Waals surface area contributed by atoms with Crippen LogP contribution < -0.4 is 4.74 Å². The van der Waals surface area contributed by atoms with Crippen LogP contribution in [0.4, 0.5) is 13.2 Å². The van der Waals surface area contributed by atoms with Crippen LogP contribution in [0.3, 0.4) is 0 Å². The van der Waals surface area contributed by atoms with Crippen LogP contribution in [0.1, 0.15) is 10.4 Å². The van der Waals surface area contributed by atoms with E-state index in [-0.39, 0.29) is 16.5 Å². The Hall–Kier alpha value is -3.51. The lowest BCUT2D eigenvalue weighted by molar-refractivity contribution is 0.0733. The molecule has 0 aliphatic rings. The number of benzene rings is 4. The number of hydrogen-bond donors (Lipinski definition) is 0. The normalized spacial score (nSPS) is 10.8. The molecule has 0 aliphatic heterocycles. The lowest BCUT2D eigenvalue weighted by Crippen LogP contribution is -2.10. The van der Waals surface area contributed by atoms with Gasteiger partial charge in [0, 0.05) is 12.1 Å². The minimum absolute atomic E-state index is 0.207. The van der Waals surface area contributed by atoms with Crippen molar-refractivity contribution in [2.45, 2.75) is 14.7 Å². The number of ether oxygens (including phenoxy) is 1. The number of hydrogen-bond acceptors (Lipinski definition) is 2. The van der Waals surface area contributed by atoms with Gasteiger partial charge in [0.1, 0.15) is 5.75 Å². The van der Waals surface area contributed by atoms with Crippen LogP contribution in [0.2, 0.25) is 0 Å². The highest BCUT2D eigenvalue weighted by atomic mass is 32.2. The molecule has 4 rings (SSSR count). The summed E-state index contributed by atoms with van der Waals surface area (Å²) in [5.74, 6) is -5.66. The third-order valence-corrected chi connectivity index (χ3v) is 6.68. The number of rotatable bonds is 5. The summed E-state index contributed by atoms with van der Waals surface area (Å²) >= 11 is 0. The number of carbonyl (C=O) groups is 1. The lowest BCUT2D eigenvalue weighted by Gasteiger charge is -2.09. The van der Waals surface area contributed by atoms with Crippen LogP contribution in [0.5, 0.6) is 5.75 Å². The fourth-order valence-electron chi connectivity index (χ4n) is 3.01. The Morgan fingerprint density at radius 3 is 1.58 bits per heavy atom. The van der Waals surface area contributed by atoms with Crippen LogP contribution in [-0.2, 0) is 10.9 Å². The average molecular weight is 437 g/mol. The van der Waals surface area contributed by atoms with Gasteiger partial charge in [-0.25, -0.2) is 18.0 Å². The Kier molecular flexibility index (Phi) is 6.09. The Labute approximate surface area is 180 Å². The smallest absolute Gasteiger partial charge is 0.343 e. The van der Waals surface area contributed by atoms with Crippen molar-refractivity contribution in [1.82, 2.24) is 0 Å². The van der Waals surface area contributed by atoms with E-state index in [1.54, 1.807) is 12.1 Å². The summed E-state index contributed by atoms with van der Waals surface area (Å²) in [6.45, 7) is 0. The van der Waals surface area contributed by atoms with E-state index in [0.29, 0.717) is 12.1 Å². The van der Waals surface area contributed by atoms with Crippen molar-refractivity contribution >= 4 is 16.9 Å². The van der Waals surface area contributed by atoms with Gasteiger partial charge in [0.15, 0.2) is 32.1 Å². The summed E-state index contributed by atoms with van der Waals surface area (Å²) in [5.41, 5.74) is 0.207. The van der Waals surface area contributed by atoms with Gasteiger partial charge >= 0.3 is 5.97 Å². The maximum atomic E-state index is 13.4. The SMILES string of the molecule is O=C(Oc1cc(F)c(F)c(F)c1)c1ccc([S+](c2ccccc2)c2ccccc2)cc1. The first-order valence-electron chi connectivity index (χ1n) is 9.34. The van der Waals surface area contributed by atoms with Crippen molar-refractivity contribution in [3.63, 3.8) is 0 Å². The minimum Gasteiger partial charge on any atom is -0.423 e. The number of carbonyl (C=O) groups excluding carboxylic acids is 1.